The summed E-state index contributed by atoms with van der Waals surface area (Å²) in [4.78, 5) is 13.1. The van der Waals surface area contributed by atoms with Crippen LogP contribution in [0.2, 0.25) is 0 Å². The highest BCUT2D eigenvalue weighted by Crippen LogP contribution is 2.31. The molecular formula is C10H14N2O4S. The Morgan fingerprint density at radius 2 is 2.24 bits per heavy atom. The predicted octanol–water partition coefficient (Wildman–Crippen LogP) is 0.886. The number of aromatic carboxylic acids is 1. The molecule has 0 radical (unpaired) electrons. The number of sulfonamides is 1. The first kappa shape index (κ1) is 12.1. The van der Waals surface area contributed by atoms with E-state index in [4.69, 9.17) is 5.11 Å². The Morgan fingerprint density at radius 3 is 2.65 bits per heavy atom. The molecule has 0 aromatic carbocycles. The molecule has 6 nitrogen and oxygen atoms in total. The van der Waals surface area contributed by atoms with Crippen molar-refractivity contribution in [2.45, 2.75) is 30.7 Å². The lowest BCUT2D eigenvalue weighted by atomic mass is 10.4. The van der Waals surface area contributed by atoms with Crippen molar-refractivity contribution in [2.75, 3.05) is 6.54 Å². The number of rotatable bonds is 5. The van der Waals surface area contributed by atoms with Gasteiger partial charge in [0, 0.05) is 18.8 Å². The molecule has 94 valence electrons. The van der Waals surface area contributed by atoms with E-state index >= 15 is 0 Å². The zero-order valence-electron chi connectivity index (χ0n) is 9.38. The van der Waals surface area contributed by atoms with Gasteiger partial charge >= 0.3 is 5.97 Å². The van der Waals surface area contributed by atoms with Crippen LogP contribution >= 0.6 is 0 Å². The number of nitrogens with zero attached hydrogens (tertiary/aromatic N) is 1. The molecule has 1 aliphatic rings. The summed E-state index contributed by atoms with van der Waals surface area (Å²) in [5.74, 6) is -1.17. The van der Waals surface area contributed by atoms with Gasteiger partial charge in [0.1, 0.15) is 10.6 Å². The smallest absolute Gasteiger partial charge is 0.352 e. The zero-order chi connectivity index (χ0) is 12.6. The van der Waals surface area contributed by atoms with Crippen LogP contribution < -0.4 is 0 Å². The van der Waals surface area contributed by atoms with E-state index < -0.39 is 16.0 Å². The van der Waals surface area contributed by atoms with Crippen LogP contribution in [0.5, 0.6) is 0 Å². The first-order valence-electron chi connectivity index (χ1n) is 5.40. The van der Waals surface area contributed by atoms with Gasteiger partial charge in [-0.15, -0.1) is 0 Å². The summed E-state index contributed by atoms with van der Waals surface area (Å²) in [6, 6.07) is 1.23. The van der Waals surface area contributed by atoms with Crippen LogP contribution in [0.3, 0.4) is 0 Å². The highest BCUT2D eigenvalue weighted by molar-refractivity contribution is 7.89. The Kier molecular flexibility index (Phi) is 2.96. The zero-order valence-corrected chi connectivity index (χ0v) is 10.2. The maximum atomic E-state index is 12.2. The lowest BCUT2D eigenvalue weighted by Gasteiger charge is -2.18. The first-order chi connectivity index (χ1) is 7.96. The molecule has 2 N–H and O–H groups in total. The van der Waals surface area contributed by atoms with Gasteiger partial charge in [0.25, 0.3) is 0 Å². The third-order valence-corrected chi connectivity index (χ3v) is 4.76. The molecule has 0 amide bonds. The quantitative estimate of drug-likeness (QED) is 0.820. The third kappa shape index (κ3) is 2.20. The summed E-state index contributed by atoms with van der Waals surface area (Å²) in [5, 5.41) is 8.74. The number of H-pyrrole nitrogens is 1. The summed E-state index contributed by atoms with van der Waals surface area (Å²) < 4.78 is 25.8. The highest BCUT2D eigenvalue weighted by Gasteiger charge is 2.37. The number of hydrogen-bond acceptors (Lipinski definition) is 3. The molecule has 1 saturated carbocycles. The van der Waals surface area contributed by atoms with E-state index in [1.54, 1.807) is 6.92 Å². The average molecular weight is 258 g/mol. The predicted molar refractivity (Wildman–Crippen MR) is 60.3 cm³/mol. The summed E-state index contributed by atoms with van der Waals surface area (Å²) in [6.45, 7) is 2.18. The van der Waals surface area contributed by atoms with Crippen LogP contribution in [-0.2, 0) is 10.0 Å². The Labute approximate surface area is 99.3 Å². The van der Waals surface area contributed by atoms with Gasteiger partial charge in [-0.3, -0.25) is 0 Å². The molecule has 1 aromatic rings. The second-order valence-corrected chi connectivity index (χ2v) is 5.88. The highest BCUT2D eigenvalue weighted by atomic mass is 32.2. The molecule has 1 aromatic heterocycles. The lowest BCUT2D eigenvalue weighted by molar-refractivity contribution is 0.0691. The monoisotopic (exact) mass is 258 g/mol. The van der Waals surface area contributed by atoms with E-state index in [9.17, 15) is 13.2 Å². The second kappa shape index (κ2) is 4.15. The fraction of sp³-hybridized carbons (Fsp3) is 0.500. The molecule has 1 fully saturated rings. The Balaban J connectivity index is 2.32. The average Bonchev–Trinajstić information content (AvgIpc) is 2.94. The molecule has 17 heavy (non-hydrogen) atoms. The van der Waals surface area contributed by atoms with E-state index in [1.807, 2.05) is 0 Å². The number of carboxylic acid groups (broad SMARTS) is 1. The molecule has 0 aliphatic heterocycles. The fourth-order valence-corrected chi connectivity index (χ4v) is 3.46. The first-order valence-corrected chi connectivity index (χ1v) is 6.84. The molecular weight excluding hydrogens is 244 g/mol. The van der Waals surface area contributed by atoms with Crippen LogP contribution in [0.1, 0.15) is 30.3 Å². The van der Waals surface area contributed by atoms with Crippen LogP contribution in [0, 0.1) is 0 Å². The molecule has 1 aliphatic carbocycles. The van der Waals surface area contributed by atoms with Crippen molar-refractivity contribution < 1.29 is 18.3 Å². The molecule has 0 saturated heterocycles. The lowest BCUT2D eigenvalue weighted by Crippen LogP contribution is -2.32. The molecule has 0 spiro atoms. The van der Waals surface area contributed by atoms with Crippen molar-refractivity contribution in [3.05, 3.63) is 18.0 Å². The molecule has 0 bridgehead atoms. The van der Waals surface area contributed by atoms with Gasteiger partial charge in [-0.2, -0.15) is 4.31 Å². The number of carboxylic acids is 1. The van der Waals surface area contributed by atoms with Crippen molar-refractivity contribution in [3.63, 3.8) is 0 Å². The van der Waals surface area contributed by atoms with Gasteiger partial charge in [0.2, 0.25) is 10.0 Å². The van der Waals surface area contributed by atoms with Crippen molar-refractivity contribution in [1.29, 1.82) is 0 Å². The number of aromatic amines is 1. The Morgan fingerprint density at radius 1 is 1.59 bits per heavy atom. The Hall–Kier alpha value is -1.34. The van der Waals surface area contributed by atoms with Gasteiger partial charge in [-0.25, -0.2) is 13.2 Å². The van der Waals surface area contributed by atoms with E-state index in [-0.39, 0.29) is 16.6 Å². The summed E-state index contributed by atoms with van der Waals surface area (Å²) in [7, 11) is -3.56. The maximum Gasteiger partial charge on any atom is 0.352 e. The molecule has 0 atom stereocenters. The van der Waals surface area contributed by atoms with Gasteiger partial charge in [-0.1, -0.05) is 6.92 Å². The van der Waals surface area contributed by atoms with Crippen LogP contribution in [0.4, 0.5) is 0 Å². The van der Waals surface area contributed by atoms with E-state index in [1.165, 1.54) is 10.5 Å². The largest absolute Gasteiger partial charge is 0.477 e. The van der Waals surface area contributed by atoms with Gasteiger partial charge in [0.05, 0.1) is 0 Å². The number of carbonyl (C=O) groups is 1. The number of nitrogens with one attached hydrogen (secondary N) is 1. The van der Waals surface area contributed by atoms with Gasteiger partial charge in [-0.05, 0) is 18.9 Å². The minimum atomic E-state index is -3.56. The minimum Gasteiger partial charge on any atom is -0.477 e. The molecule has 7 heteroatoms. The van der Waals surface area contributed by atoms with Crippen LogP contribution in [-0.4, -0.2) is 41.4 Å². The topological polar surface area (TPSA) is 90.5 Å². The van der Waals surface area contributed by atoms with Crippen LogP contribution in [0.15, 0.2) is 17.2 Å². The second-order valence-electron chi connectivity index (χ2n) is 3.99. The van der Waals surface area contributed by atoms with Crippen molar-refractivity contribution in [2.24, 2.45) is 0 Å². The fourth-order valence-electron chi connectivity index (χ4n) is 1.77. The van der Waals surface area contributed by atoms with E-state index in [2.05, 4.69) is 4.98 Å². The van der Waals surface area contributed by atoms with E-state index in [0.29, 0.717) is 6.54 Å². The number of aromatic nitrogens is 1. The third-order valence-electron chi connectivity index (χ3n) is 2.76. The van der Waals surface area contributed by atoms with Gasteiger partial charge < -0.3 is 10.1 Å². The maximum absolute atomic E-state index is 12.2. The Bertz CT molecular complexity index is 530. The van der Waals surface area contributed by atoms with Crippen LogP contribution in [0.25, 0.3) is 0 Å². The van der Waals surface area contributed by atoms with Gasteiger partial charge in [0.15, 0.2) is 0 Å². The standard InChI is InChI=1S/C10H14N2O4S/c1-2-12(7-3-4-7)17(15,16)8-5-9(10(13)14)11-6-8/h5-7,11H,2-4H2,1H3,(H,13,14). The molecule has 1 heterocycles. The normalized spacial score (nSPS) is 16.4. The number of hydrogen-bond donors (Lipinski definition) is 2. The van der Waals surface area contributed by atoms with Crippen molar-refractivity contribution in [3.8, 4) is 0 Å². The van der Waals surface area contributed by atoms with Crippen molar-refractivity contribution >= 4 is 16.0 Å². The van der Waals surface area contributed by atoms with Crippen molar-refractivity contribution in [1.82, 2.24) is 9.29 Å². The molecule has 0 unspecified atom stereocenters. The summed E-state index contributed by atoms with van der Waals surface area (Å²) in [5.41, 5.74) is -0.115. The summed E-state index contributed by atoms with van der Waals surface area (Å²) >= 11 is 0. The SMILES string of the molecule is CCN(C1CC1)S(=O)(=O)c1c[nH]c(C(=O)O)c1. The van der Waals surface area contributed by atoms with E-state index in [0.717, 1.165) is 18.9 Å². The molecule has 2 rings (SSSR count). The minimum absolute atomic E-state index is 0.0173. The summed E-state index contributed by atoms with van der Waals surface area (Å²) in [6.07, 6.45) is 2.98.